The molecule has 112 valence electrons. The first kappa shape index (κ1) is 15.2. The molecule has 2 N–H and O–H groups in total. The molecule has 2 aromatic rings. The van der Waals surface area contributed by atoms with Gasteiger partial charge >= 0.3 is 5.97 Å². The van der Waals surface area contributed by atoms with Crippen LogP contribution in [0, 0.1) is 0 Å². The number of hydrogen-bond acceptors (Lipinski definition) is 6. The summed E-state index contributed by atoms with van der Waals surface area (Å²) in [6.45, 7) is 2.87. The van der Waals surface area contributed by atoms with Gasteiger partial charge in [-0.2, -0.15) is 0 Å². The zero-order chi connectivity index (χ0) is 15.1. The van der Waals surface area contributed by atoms with Gasteiger partial charge in [0.15, 0.2) is 11.5 Å². The van der Waals surface area contributed by atoms with E-state index in [0.29, 0.717) is 28.7 Å². The number of nitrogen functional groups attached to an aromatic ring is 1. The first-order valence-electron chi connectivity index (χ1n) is 6.57. The number of carbonyl (C=O) groups is 1. The molecule has 1 heterocycles. The van der Waals surface area contributed by atoms with Gasteiger partial charge in [0.1, 0.15) is 18.1 Å². The van der Waals surface area contributed by atoms with Crippen LogP contribution in [0.5, 0.6) is 11.5 Å². The van der Waals surface area contributed by atoms with Crippen LogP contribution in [0.1, 0.15) is 16.6 Å². The number of hydrogen-bond donors (Lipinski definition) is 1. The van der Waals surface area contributed by atoms with Crippen LogP contribution in [-0.4, -0.2) is 25.8 Å². The van der Waals surface area contributed by atoms with E-state index < -0.39 is 5.97 Å². The minimum atomic E-state index is -0.427. The predicted octanol–water partition coefficient (Wildman–Crippen LogP) is 2.96. The molecular formula is C15H17NO4S. The smallest absolute Gasteiger partial charge is 0.350 e. The van der Waals surface area contributed by atoms with Crippen molar-refractivity contribution < 1.29 is 19.0 Å². The second-order valence-corrected chi connectivity index (χ2v) is 4.99. The average Bonchev–Trinajstić information content (AvgIpc) is 2.91. The Morgan fingerprint density at radius 1 is 1.14 bits per heavy atom. The van der Waals surface area contributed by atoms with Crippen molar-refractivity contribution in [1.82, 2.24) is 0 Å². The number of para-hydroxylation sites is 2. The number of rotatable bonds is 7. The van der Waals surface area contributed by atoms with Crippen LogP contribution >= 0.6 is 11.3 Å². The number of esters is 1. The molecule has 0 radical (unpaired) electrons. The lowest BCUT2D eigenvalue weighted by Gasteiger charge is -2.11. The minimum absolute atomic E-state index is 0.149. The summed E-state index contributed by atoms with van der Waals surface area (Å²) < 4.78 is 16.1. The van der Waals surface area contributed by atoms with E-state index in [4.69, 9.17) is 19.9 Å². The van der Waals surface area contributed by atoms with Crippen LogP contribution < -0.4 is 15.2 Å². The third-order valence-corrected chi connectivity index (χ3v) is 3.51. The normalized spacial score (nSPS) is 10.1. The van der Waals surface area contributed by atoms with Gasteiger partial charge in [0.25, 0.3) is 0 Å². The van der Waals surface area contributed by atoms with Crippen LogP contribution in [0.4, 0.5) is 5.69 Å². The van der Waals surface area contributed by atoms with Crippen molar-refractivity contribution in [1.29, 1.82) is 0 Å². The molecule has 0 fully saturated rings. The van der Waals surface area contributed by atoms with Crippen LogP contribution in [0.3, 0.4) is 0 Å². The van der Waals surface area contributed by atoms with Crippen molar-refractivity contribution in [2.45, 2.75) is 6.92 Å². The number of benzene rings is 1. The van der Waals surface area contributed by atoms with Crippen molar-refractivity contribution in [3.05, 3.63) is 40.6 Å². The Bertz CT molecular complexity index is 597. The molecule has 0 aliphatic carbocycles. The molecule has 1 aromatic heterocycles. The zero-order valence-corrected chi connectivity index (χ0v) is 12.5. The highest BCUT2D eigenvalue weighted by atomic mass is 32.1. The number of thiophene rings is 1. The Morgan fingerprint density at radius 2 is 1.86 bits per heavy atom. The lowest BCUT2D eigenvalue weighted by molar-refractivity contribution is 0.0455. The Labute approximate surface area is 127 Å². The van der Waals surface area contributed by atoms with Crippen LogP contribution in [-0.2, 0) is 4.74 Å². The fraction of sp³-hybridized carbons (Fsp3) is 0.267. The fourth-order valence-corrected chi connectivity index (χ4v) is 2.39. The fourth-order valence-electron chi connectivity index (χ4n) is 1.68. The maximum atomic E-state index is 11.7. The van der Waals surface area contributed by atoms with E-state index in [1.54, 1.807) is 11.4 Å². The number of nitrogens with two attached hydrogens (primary N) is 1. The monoisotopic (exact) mass is 307 g/mol. The molecule has 0 amide bonds. The molecule has 21 heavy (non-hydrogen) atoms. The van der Waals surface area contributed by atoms with E-state index >= 15 is 0 Å². The second kappa shape index (κ2) is 7.54. The topological polar surface area (TPSA) is 70.8 Å². The standard InChI is InChI=1S/C15H17NO4S/c1-2-18-12-5-3-4-6-13(12)19-8-9-20-15(17)14-11(16)7-10-21-14/h3-7,10H,2,8-9,16H2,1H3. The molecule has 0 aliphatic heterocycles. The summed E-state index contributed by atoms with van der Waals surface area (Å²) in [7, 11) is 0. The van der Waals surface area contributed by atoms with E-state index in [1.807, 2.05) is 31.2 Å². The number of carbonyl (C=O) groups excluding carboxylic acids is 1. The van der Waals surface area contributed by atoms with Gasteiger partial charge in [-0.05, 0) is 30.5 Å². The molecular weight excluding hydrogens is 290 g/mol. The molecule has 0 bridgehead atoms. The van der Waals surface area contributed by atoms with Crippen molar-refractivity contribution in [2.75, 3.05) is 25.6 Å². The second-order valence-electron chi connectivity index (χ2n) is 4.07. The summed E-state index contributed by atoms with van der Waals surface area (Å²) in [6, 6.07) is 9.05. The largest absolute Gasteiger partial charge is 0.490 e. The van der Waals surface area contributed by atoms with Gasteiger partial charge < -0.3 is 19.9 Å². The van der Waals surface area contributed by atoms with E-state index in [1.165, 1.54) is 11.3 Å². The molecule has 0 saturated heterocycles. The third kappa shape index (κ3) is 4.13. The summed E-state index contributed by atoms with van der Waals surface area (Å²) >= 11 is 1.26. The van der Waals surface area contributed by atoms with Crippen LogP contribution in [0.15, 0.2) is 35.7 Å². The Morgan fingerprint density at radius 3 is 2.48 bits per heavy atom. The summed E-state index contributed by atoms with van der Waals surface area (Å²) in [4.78, 5) is 12.2. The van der Waals surface area contributed by atoms with Gasteiger partial charge in [0, 0.05) is 0 Å². The van der Waals surface area contributed by atoms with Crippen molar-refractivity contribution in [2.24, 2.45) is 0 Å². The van der Waals surface area contributed by atoms with E-state index in [9.17, 15) is 4.79 Å². The molecule has 6 heteroatoms. The van der Waals surface area contributed by atoms with Crippen molar-refractivity contribution in [3.8, 4) is 11.5 Å². The number of anilines is 1. The van der Waals surface area contributed by atoms with Gasteiger partial charge in [-0.1, -0.05) is 12.1 Å². The lowest BCUT2D eigenvalue weighted by atomic mass is 10.3. The van der Waals surface area contributed by atoms with Gasteiger partial charge in [-0.3, -0.25) is 0 Å². The third-order valence-electron chi connectivity index (χ3n) is 2.60. The highest BCUT2D eigenvalue weighted by Crippen LogP contribution is 2.26. The quantitative estimate of drug-likeness (QED) is 0.629. The summed E-state index contributed by atoms with van der Waals surface area (Å²) in [6.07, 6.45) is 0. The highest BCUT2D eigenvalue weighted by molar-refractivity contribution is 7.12. The van der Waals surface area contributed by atoms with Crippen molar-refractivity contribution >= 4 is 23.0 Å². The molecule has 1 aromatic carbocycles. The lowest BCUT2D eigenvalue weighted by Crippen LogP contribution is -2.12. The predicted molar refractivity (Wildman–Crippen MR) is 82.1 cm³/mol. The van der Waals surface area contributed by atoms with E-state index in [2.05, 4.69) is 0 Å². The molecule has 0 aliphatic rings. The molecule has 0 atom stereocenters. The first-order valence-corrected chi connectivity index (χ1v) is 7.45. The van der Waals surface area contributed by atoms with E-state index in [-0.39, 0.29) is 13.2 Å². The zero-order valence-electron chi connectivity index (χ0n) is 11.7. The van der Waals surface area contributed by atoms with Gasteiger partial charge in [0.2, 0.25) is 0 Å². The molecule has 2 rings (SSSR count). The van der Waals surface area contributed by atoms with Crippen LogP contribution in [0.25, 0.3) is 0 Å². The maximum absolute atomic E-state index is 11.7. The summed E-state index contributed by atoms with van der Waals surface area (Å²) in [5.74, 6) is 0.879. The first-order chi connectivity index (χ1) is 10.2. The van der Waals surface area contributed by atoms with Crippen LogP contribution in [0.2, 0.25) is 0 Å². The summed E-state index contributed by atoms with van der Waals surface area (Å²) in [5.41, 5.74) is 6.09. The maximum Gasteiger partial charge on any atom is 0.350 e. The molecule has 0 saturated carbocycles. The van der Waals surface area contributed by atoms with Gasteiger partial charge in [-0.15, -0.1) is 11.3 Å². The average molecular weight is 307 g/mol. The van der Waals surface area contributed by atoms with E-state index in [0.717, 1.165) is 0 Å². The highest BCUT2D eigenvalue weighted by Gasteiger charge is 2.12. The molecule has 5 nitrogen and oxygen atoms in total. The number of ether oxygens (including phenoxy) is 3. The van der Waals surface area contributed by atoms with Gasteiger partial charge in [-0.25, -0.2) is 4.79 Å². The Balaban J connectivity index is 1.80. The van der Waals surface area contributed by atoms with Crippen molar-refractivity contribution in [3.63, 3.8) is 0 Å². The molecule has 0 unspecified atom stereocenters. The Kier molecular flexibility index (Phi) is 5.45. The SMILES string of the molecule is CCOc1ccccc1OCCOC(=O)c1sccc1N. The Hall–Kier alpha value is -2.21. The van der Waals surface area contributed by atoms with Gasteiger partial charge in [0.05, 0.1) is 12.3 Å². The summed E-state index contributed by atoms with van der Waals surface area (Å²) in [5, 5.41) is 1.75. The molecule has 0 spiro atoms. The minimum Gasteiger partial charge on any atom is -0.490 e.